The van der Waals surface area contributed by atoms with E-state index < -0.39 is 0 Å². The Kier molecular flexibility index (Phi) is 5.04. The van der Waals surface area contributed by atoms with Crippen molar-refractivity contribution in [1.82, 2.24) is 14.6 Å². The highest BCUT2D eigenvalue weighted by molar-refractivity contribution is 7.99. The summed E-state index contributed by atoms with van der Waals surface area (Å²) >= 11 is 1.40. The van der Waals surface area contributed by atoms with Crippen molar-refractivity contribution in [3.8, 4) is 0 Å². The van der Waals surface area contributed by atoms with Crippen LogP contribution in [0.2, 0.25) is 0 Å². The lowest BCUT2D eigenvalue weighted by Gasteiger charge is -2.17. The van der Waals surface area contributed by atoms with Gasteiger partial charge in [0.25, 0.3) is 0 Å². The van der Waals surface area contributed by atoms with Crippen molar-refractivity contribution in [3.63, 3.8) is 0 Å². The maximum Gasteiger partial charge on any atom is 0.234 e. The van der Waals surface area contributed by atoms with E-state index in [0.29, 0.717) is 0 Å². The Morgan fingerprint density at radius 1 is 1.07 bits per heavy atom. The number of aromatic nitrogens is 3. The highest BCUT2D eigenvalue weighted by atomic mass is 32.2. The molecule has 6 nitrogen and oxygen atoms in total. The SMILES string of the molecule is Cc1cc2nnc(SCC(=O)Nc3ccc(N4CCCC4)cc3)n2c2ccccc12. The molecule has 1 amide bonds. The van der Waals surface area contributed by atoms with Crippen molar-refractivity contribution >= 4 is 45.6 Å². The van der Waals surface area contributed by atoms with Crippen LogP contribution in [0.1, 0.15) is 18.4 Å². The number of nitrogens with one attached hydrogen (secondary N) is 1. The summed E-state index contributed by atoms with van der Waals surface area (Å²) in [6.07, 6.45) is 2.50. The number of anilines is 2. The van der Waals surface area contributed by atoms with Gasteiger partial charge in [-0.05, 0) is 61.7 Å². The number of hydrogen-bond donors (Lipinski definition) is 1. The molecule has 3 heterocycles. The number of amides is 1. The van der Waals surface area contributed by atoms with Crippen LogP contribution in [0.15, 0.2) is 59.8 Å². The van der Waals surface area contributed by atoms with E-state index in [2.05, 4.69) is 51.6 Å². The predicted molar refractivity (Wildman–Crippen MR) is 122 cm³/mol. The molecule has 30 heavy (non-hydrogen) atoms. The summed E-state index contributed by atoms with van der Waals surface area (Å²) in [5.74, 6) is 0.221. The first-order chi connectivity index (χ1) is 14.7. The van der Waals surface area contributed by atoms with Gasteiger partial charge in [0.05, 0.1) is 11.3 Å². The number of carbonyl (C=O) groups is 1. The minimum Gasteiger partial charge on any atom is -0.372 e. The molecule has 0 atom stereocenters. The van der Waals surface area contributed by atoms with Gasteiger partial charge in [0.2, 0.25) is 5.91 Å². The van der Waals surface area contributed by atoms with Gasteiger partial charge in [0.1, 0.15) is 0 Å². The van der Waals surface area contributed by atoms with E-state index in [1.54, 1.807) is 0 Å². The molecule has 5 rings (SSSR count). The molecule has 0 spiro atoms. The Morgan fingerprint density at radius 2 is 1.83 bits per heavy atom. The van der Waals surface area contributed by atoms with Crippen LogP contribution in [0.25, 0.3) is 16.6 Å². The smallest absolute Gasteiger partial charge is 0.234 e. The molecule has 0 bridgehead atoms. The topological polar surface area (TPSA) is 62.5 Å². The lowest BCUT2D eigenvalue weighted by Crippen LogP contribution is -2.18. The second-order valence-electron chi connectivity index (χ2n) is 7.60. The van der Waals surface area contributed by atoms with Crippen molar-refractivity contribution in [3.05, 3.63) is 60.2 Å². The number of aryl methyl sites for hydroxylation is 1. The first kappa shape index (κ1) is 18.9. The van der Waals surface area contributed by atoms with Crippen LogP contribution in [0.3, 0.4) is 0 Å². The minimum atomic E-state index is -0.0536. The number of rotatable bonds is 5. The average Bonchev–Trinajstić information content (AvgIpc) is 3.43. The van der Waals surface area contributed by atoms with Crippen LogP contribution in [0.4, 0.5) is 11.4 Å². The number of fused-ring (bicyclic) bond motifs is 3. The van der Waals surface area contributed by atoms with E-state index in [0.717, 1.165) is 46.0 Å². The third-order valence-corrected chi connectivity index (χ3v) is 6.46. The summed E-state index contributed by atoms with van der Waals surface area (Å²) in [6, 6.07) is 18.3. The first-order valence-corrected chi connectivity index (χ1v) is 11.2. The molecular formula is C23H23N5OS. The third kappa shape index (κ3) is 3.61. The zero-order chi connectivity index (χ0) is 20.5. The maximum absolute atomic E-state index is 12.5. The third-order valence-electron chi connectivity index (χ3n) is 5.53. The molecular weight excluding hydrogens is 394 g/mol. The summed E-state index contributed by atoms with van der Waals surface area (Å²) in [4.78, 5) is 14.9. The van der Waals surface area contributed by atoms with Gasteiger partial charge >= 0.3 is 0 Å². The molecule has 0 saturated carbocycles. The molecule has 1 fully saturated rings. The van der Waals surface area contributed by atoms with E-state index in [1.807, 2.05) is 34.7 Å². The number of pyridine rings is 1. The molecule has 0 radical (unpaired) electrons. The number of nitrogens with zero attached hydrogens (tertiary/aromatic N) is 4. The second kappa shape index (κ2) is 7.99. The van der Waals surface area contributed by atoms with Gasteiger partial charge in [-0.3, -0.25) is 9.20 Å². The monoisotopic (exact) mass is 417 g/mol. The molecule has 4 aromatic rings. The summed E-state index contributed by atoms with van der Waals surface area (Å²) in [5.41, 5.74) is 5.05. The first-order valence-electron chi connectivity index (χ1n) is 10.2. The van der Waals surface area contributed by atoms with Gasteiger partial charge in [-0.2, -0.15) is 0 Å². The Hall–Kier alpha value is -3.06. The summed E-state index contributed by atoms with van der Waals surface area (Å²) < 4.78 is 2.02. The number of carbonyl (C=O) groups excluding carboxylic acids is 1. The van der Waals surface area contributed by atoms with E-state index in [1.165, 1.54) is 30.3 Å². The molecule has 1 saturated heterocycles. The number of para-hydroxylation sites is 1. The number of benzene rings is 2. The van der Waals surface area contributed by atoms with Crippen molar-refractivity contribution < 1.29 is 4.79 Å². The molecule has 1 N–H and O–H groups in total. The van der Waals surface area contributed by atoms with Crippen molar-refractivity contribution in [2.24, 2.45) is 0 Å². The highest BCUT2D eigenvalue weighted by Gasteiger charge is 2.14. The van der Waals surface area contributed by atoms with Gasteiger partial charge in [-0.15, -0.1) is 10.2 Å². The maximum atomic E-state index is 12.5. The molecule has 2 aromatic heterocycles. The van der Waals surface area contributed by atoms with Crippen molar-refractivity contribution in [2.75, 3.05) is 29.1 Å². The molecule has 152 valence electrons. The zero-order valence-corrected chi connectivity index (χ0v) is 17.7. The fourth-order valence-corrected chi connectivity index (χ4v) is 4.78. The molecule has 2 aromatic carbocycles. The molecule has 7 heteroatoms. The molecule has 0 aliphatic carbocycles. The molecule has 1 aliphatic rings. The van der Waals surface area contributed by atoms with Crippen LogP contribution in [-0.2, 0) is 4.79 Å². The molecule has 1 aliphatic heterocycles. The largest absolute Gasteiger partial charge is 0.372 e. The number of hydrogen-bond acceptors (Lipinski definition) is 5. The standard InChI is InChI=1S/C23H23N5OS/c1-16-14-21-25-26-23(28(21)20-7-3-2-6-19(16)20)30-15-22(29)24-17-8-10-18(11-9-17)27-12-4-5-13-27/h2-3,6-11,14H,4-5,12-13,15H2,1H3,(H,24,29). The van der Waals surface area contributed by atoms with Gasteiger partial charge in [0.15, 0.2) is 10.8 Å². The summed E-state index contributed by atoms with van der Waals surface area (Å²) in [7, 11) is 0. The summed E-state index contributed by atoms with van der Waals surface area (Å²) in [6.45, 7) is 4.30. The average molecular weight is 418 g/mol. The Balaban J connectivity index is 1.28. The predicted octanol–water partition coefficient (Wildman–Crippen LogP) is 4.52. The van der Waals surface area contributed by atoms with Crippen molar-refractivity contribution in [2.45, 2.75) is 24.9 Å². The van der Waals surface area contributed by atoms with E-state index in [-0.39, 0.29) is 11.7 Å². The Labute approximate surface area is 179 Å². The minimum absolute atomic E-state index is 0.0536. The lowest BCUT2D eigenvalue weighted by molar-refractivity contribution is -0.113. The summed E-state index contributed by atoms with van der Waals surface area (Å²) in [5, 5.41) is 13.5. The quantitative estimate of drug-likeness (QED) is 0.484. The Bertz CT molecular complexity index is 1210. The van der Waals surface area contributed by atoms with E-state index in [9.17, 15) is 4.79 Å². The Morgan fingerprint density at radius 3 is 2.63 bits per heavy atom. The van der Waals surface area contributed by atoms with Crippen molar-refractivity contribution in [1.29, 1.82) is 0 Å². The molecule has 0 unspecified atom stereocenters. The van der Waals surface area contributed by atoms with Gasteiger partial charge in [0, 0.05) is 29.9 Å². The van der Waals surface area contributed by atoms with Crippen LogP contribution in [0, 0.1) is 6.92 Å². The normalized spacial score (nSPS) is 14.0. The van der Waals surface area contributed by atoms with E-state index in [4.69, 9.17) is 0 Å². The zero-order valence-electron chi connectivity index (χ0n) is 16.8. The van der Waals surface area contributed by atoms with Crippen LogP contribution < -0.4 is 10.2 Å². The number of thioether (sulfide) groups is 1. The van der Waals surface area contributed by atoms with Crippen LogP contribution >= 0.6 is 11.8 Å². The lowest BCUT2D eigenvalue weighted by atomic mass is 10.1. The second-order valence-corrected chi connectivity index (χ2v) is 8.54. The van der Waals surface area contributed by atoms with E-state index >= 15 is 0 Å². The van der Waals surface area contributed by atoms with Gasteiger partial charge < -0.3 is 10.2 Å². The van der Waals surface area contributed by atoms with Gasteiger partial charge in [-0.1, -0.05) is 30.0 Å². The fraction of sp³-hybridized carbons (Fsp3) is 0.261. The van der Waals surface area contributed by atoms with Crippen LogP contribution in [-0.4, -0.2) is 39.3 Å². The van der Waals surface area contributed by atoms with Crippen LogP contribution in [0.5, 0.6) is 0 Å². The van der Waals surface area contributed by atoms with Gasteiger partial charge in [-0.25, -0.2) is 0 Å². The fourth-order valence-electron chi connectivity index (χ4n) is 4.03. The highest BCUT2D eigenvalue weighted by Crippen LogP contribution is 2.26.